The fraction of sp³-hybridized carbons (Fsp3) is 0.562. The highest BCUT2D eigenvalue weighted by Gasteiger charge is 2.39. The van der Waals surface area contributed by atoms with Crippen LogP contribution in [0.3, 0.4) is 0 Å². The zero-order valence-electron chi connectivity index (χ0n) is 23.0. The van der Waals surface area contributed by atoms with Crippen LogP contribution in [0.25, 0.3) is 11.1 Å². The molecule has 1 aliphatic heterocycles. The van der Waals surface area contributed by atoms with Crippen LogP contribution in [0.1, 0.15) is 75.8 Å². The van der Waals surface area contributed by atoms with E-state index in [0.29, 0.717) is 18.4 Å². The molecule has 1 saturated heterocycles. The second kappa shape index (κ2) is 11.1. The van der Waals surface area contributed by atoms with Crippen LogP contribution in [-0.2, 0) is 16.0 Å². The predicted octanol–water partition coefficient (Wildman–Crippen LogP) is 5.64. The molecule has 3 atom stereocenters. The minimum Gasteiger partial charge on any atom is -0.490 e. The van der Waals surface area contributed by atoms with E-state index in [1.807, 2.05) is 31.3 Å². The van der Waals surface area contributed by atoms with Crippen LogP contribution < -0.4 is 10.1 Å². The number of carboxylic acids is 1. The average Bonchev–Trinajstić information content (AvgIpc) is 3.39. The van der Waals surface area contributed by atoms with E-state index in [4.69, 9.17) is 4.74 Å². The van der Waals surface area contributed by atoms with Gasteiger partial charge in [-0.3, -0.25) is 14.5 Å². The molecule has 204 valence electrons. The van der Waals surface area contributed by atoms with Crippen molar-refractivity contribution in [3.05, 3.63) is 53.6 Å². The third kappa shape index (κ3) is 5.90. The van der Waals surface area contributed by atoms with Crippen molar-refractivity contribution in [2.24, 2.45) is 11.3 Å². The van der Waals surface area contributed by atoms with E-state index < -0.39 is 5.97 Å². The molecule has 2 saturated carbocycles. The fourth-order valence-electron chi connectivity index (χ4n) is 6.78. The molecule has 1 amide bonds. The summed E-state index contributed by atoms with van der Waals surface area (Å²) in [6, 6.07) is 14.2. The number of likely N-dealkylation sites (N-methyl/N-ethyl adjacent to an activating group) is 1. The molecule has 0 bridgehead atoms. The van der Waals surface area contributed by atoms with Gasteiger partial charge in [0.15, 0.2) is 0 Å². The topological polar surface area (TPSA) is 78.9 Å². The summed E-state index contributed by atoms with van der Waals surface area (Å²) in [6.07, 6.45) is 7.36. The number of carboxylic acid groups (broad SMARTS) is 1. The Labute approximate surface area is 226 Å². The van der Waals surface area contributed by atoms with Crippen molar-refractivity contribution in [3.8, 4) is 16.9 Å². The Morgan fingerprint density at radius 2 is 1.87 bits per heavy atom. The second-order valence-corrected chi connectivity index (χ2v) is 12.5. The van der Waals surface area contributed by atoms with Gasteiger partial charge in [0.1, 0.15) is 5.75 Å². The minimum absolute atomic E-state index is 0.0305. The first kappa shape index (κ1) is 26.7. The zero-order chi connectivity index (χ0) is 26.9. The smallest absolute Gasteiger partial charge is 0.307 e. The lowest BCUT2D eigenvalue weighted by atomic mass is 9.76. The average molecular weight is 519 g/mol. The summed E-state index contributed by atoms with van der Waals surface area (Å²) in [5.41, 5.74) is 4.31. The Bertz CT molecular complexity index is 1170. The van der Waals surface area contributed by atoms with Crippen LogP contribution in [0, 0.1) is 11.3 Å². The zero-order valence-corrected chi connectivity index (χ0v) is 23.0. The summed E-state index contributed by atoms with van der Waals surface area (Å²) in [5, 5.41) is 12.9. The Hall–Kier alpha value is -2.86. The number of carbonyl (C=O) groups excluding carboxylic acids is 1. The van der Waals surface area contributed by atoms with Crippen LogP contribution in [0.5, 0.6) is 5.75 Å². The number of nitrogens with one attached hydrogen (secondary N) is 1. The van der Waals surface area contributed by atoms with Crippen LogP contribution in [0.4, 0.5) is 0 Å². The quantitative estimate of drug-likeness (QED) is 0.449. The van der Waals surface area contributed by atoms with Gasteiger partial charge in [-0.15, -0.1) is 0 Å². The highest BCUT2D eigenvalue weighted by molar-refractivity contribution is 5.82. The molecule has 0 spiro atoms. The molecule has 2 N–H and O–H groups in total. The molecule has 0 aromatic heterocycles. The molecule has 6 nitrogen and oxygen atoms in total. The third-order valence-electron chi connectivity index (χ3n) is 8.84. The molecule has 38 heavy (non-hydrogen) atoms. The van der Waals surface area contributed by atoms with Crippen molar-refractivity contribution in [2.75, 3.05) is 20.1 Å². The van der Waals surface area contributed by atoms with Gasteiger partial charge < -0.3 is 15.2 Å². The first-order valence-electron chi connectivity index (χ1n) is 14.3. The lowest BCUT2D eigenvalue weighted by molar-refractivity contribution is -0.136. The van der Waals surface area contributed by atoms with E-state index >= 15 is 0 Å². The monoisotopic (exact) mass is 518 g/mol. The van der Waals surface area contributed by atoms with Gasteiger partial charge in [-0.1, -0.05) is 56.7 Å². The summed E-state index contributed by atoms with van der Waals surface area (Å²) in [6.45, 7) is 6.07. The van der Waals surface area contributed by atoms with E-state index in [2.05, 4.69) is 42.3 Å². The van der Waals surface area contributed by atoms with Crippen LogP contribution in [-0.4, -0.2) is 54.2 Å². The number of hydrogen-bond acceptors (Lipinski definition) is 4. The highest BCUT2D eigenvalue weighted by atomic mass is 16.5. The van der Waals surface area contributed by atoms with Gasteiger partial charge in [-0.05, 0) is 85.6 Å². The Kier molecular flexibility index (Phi) is 7.80. The van der Waals surface area contributed by atoms with Crippen molar-refractivity contribution < 1.29 is 19.4 Å². The van der Waals surface area contributed by atoms with Crippen molar-refractivity contribution >= 4 is 11.9 Å². The fourth-order valence-corrected chi connectivity index (χ4v) is 6.78. The number of carbonyl (C=O) groups is 2. The molecule has 3 fully saturated rings. The molecular formula is C32H42N2O4. The number of ether oxygens (including phenoxy) is 1. The first-order chi connectivity index (χ1) is 18.2. The van der Waals surface area contributed by atoms with E-state index in [1.54, 1.807) is 0 Å². The Morgan fingerprint density at radius 1 is 1.08 bits per heavy atom. The molecule has 1 unspecified atom stereocenters. The predicted molar refractivity (Wildman–Crippen MR) is 149 cm³/mol. The molecule has 2 aromatic carbocycles. The van der Waals surface area contributed by atoms with Crippen molar-refractivity contribution in [2.45, 2.75) is 83.3 Å². The molecular weight excluding hydrogens is 476 g/mol. The lowest BCUT2D eigenvalue weighted by Gasteiger charge is -2.29. The molecule has 5 rings (SSSR count). The molecule has 2 aromatic rings. The van der Waals surface area contributed by atoms with E-state index in [0.717, 1.165) is 54.7 Å². The van der Waals surface area contributed by atoms with Gasteiger partial charge in [0.2, 0.25) is 5.91 Å². The summed E-state index contributed by atoms with van der Waals surface area (Å²) in [7, 11) is 2.04. The first-order valence-corrected chi connectivity index (χ1v) is 14.3. The normalized spacial score (nSPS) is 25.2. The number of benzene rings is 2. The minimum atomic E-state index is -0.836. The molecule has 2 aliphatic carbocycles. The van der Waals surface area contributed by atoms with E-state index in [9.17, 15) is 14.7 Å². The summed E-state index contributed by atoms with van der Waals surface area (Å²) in [4.78, 5) is 26.8. The summed E-state index contributed by atoms with van der Waals surface area (Å²) < 4.78 is 6.64. The van der Waals surface area contributed by atoms with Crippen LogP contribution >= 0.6 is 0 Å². The number of hydrogen-bond donors (Lipinski definition) is 2. The SMILES string of the molecule is CN1CC(C)(C)C[C@H]1C(=O)NCC1CC[C@@H](Oc2cccc(CC(=O)O)c2-c2ccccc2C2CCC2)C1. The van der Waals surface area contributed by atoms with Gasteiger partial charge in [-0.25, -0.2) is 0 Å². The largest absolute Gasteiger partial charge is 0.490 e. The second-order valence-electron chi connectivity index (χ2n) is 12.5. The molecule has 3 aliphatic rings. The Balaban J connectivity index is 1.28. The molecule has 1 heterocycles. The van der Waals surface area contributed by atoms with E-state index in [-0.39, 0.29) is 29.9 Å². The van der Waals surface area contributed by atoms with E-state index in [1.165, 1.54) is 24.8 Å². The van der Waals surface area contributed by atoms with Crippen molar-refractivity contribution in [3.63, 3.8) is 0 Å². The van der Waals surface area contributed by atoms with Gasteiger partial charge in [0.05, 0.1) is 18.6 Å². The van der Waals surface area contributed by atoms with Crippen LogP contribution in [0.15, 0.2) is 42.5 Å². The lowest BCUT2D eigenvalue weighted by Crippen LogP contribution is -2.42. The standard InChI is InChI=1S/C32H42N2O4/c1-32(2)18-27(34(3)20-32)31(37)33-19-21-14-15-24(16-21)38-28-13-7-10-23(17-29(35)36)30(28)26-12-5-4-11-25(26)22-8-6-9-22/h4-5,7,10-13,21-22,24,27H,6,8-9,14-20H2,1-3H3,(H,33,37)(H,35,36)/t21?,24-,27+/m1/s1. The van der Waals surface area contributed by atoms with Gasteiger partial charge in [-0.2, -0.15) is 0 Å². The number of likely N-dealkylation sites (tertiary alicyclic amines) is 1. The van der Waals surface area contributed by atoms with Crippen LogP contribution in [0.2, 0.25) is 0 Å². The highest BCUT2D eigenvalue weighted by Crippen LogP contribution is 2.45. The summed E-state index contributed by atoms with van der Waals surface area (Å²) in [5.74, 6) is 0.994. The Morgan fingerprint density at radius 3 is 2.55 bits per heavy atom. The maximum atomic E-state index is 12.9. The van der Waals surface area contributed by atoms with Crippen molar-refractivity contribution in [1.82, 2.24) is 10.2 Å². The third-order valence-corrected chi connectivity index (χ3v) is 8.84. The summed E-state index contributed by atoms with van der Waals surface area (Å²) >= 11 is 0. The maximum absolute atomic E-state index is 12.9. The maximum Gasteiger partial charge on any atom is 0.307 e. The number of nitrogens with zero attached hydrogens (tertiary/aromatic N) is 1. The van der Waals surface area contributed by atoms with Gasteiger partial charge >= 0.3 is 5.97 Å². The van der Waals surface area contributed by atoms with Gasteiger partial charge in [0.25, 0.3) is 0 Å². The van der Waals surface area contributed by atoms with Gasteiger partial charge in [0, 0.05) is 18.7 Å². The number of aliphatic carboxylic acids is 1. The molecule has 6 heteroatoms. The number of rotatable bonds is 9. The molecule has 0 radical (unpaired) electrons. The van der Waals surface area contributed by atoms with Crippen molar-refractivity contribution in [1.29, 1.82) is 0 Å². The number of amides is 1.